The molecule has 1 heterocycles. The summed E-state index contributed by atoms with van der Waals surface area (Å²) in [5, 5.41) is -0.406. The minimum atomic E-state index is -0.438. The summed E-state index contributed by atoms with van der Waals surface area (Å²) in [6.07, 6.45) is 2.56. The standard InChI is InChI=1S/C20H17BrFNO3S/c1-2-9-26-17-8-7-13(10-15(17)21)11-18-19(24)23(20(25)27-18)12-14-5-3-4-6-16(14)22/h3-8,10-11H,2,9,12H2,1H3/b18-11-. The SMILES string of the molecule is CCCOc1ccc(/C=C2\SC(=O)N(Cc3ccccc3F)C2=O)cc1Br. The second kappa shape index (κ2) is 8.71. The summed E-state index contributed by atoms with van der Waals surface area (Å²) >= 11 is 4.31. The van der Waals surface area contributed by atoms with Gasteiger partial charge in [0.05, 0.1) is 22.5 Å². The fourth-order valence-corrected chi connectivity index (χ4v) is 3.87. The van der Waals surface area contributed by atoms with Crippen LogP contribution in [-0.2, 0) is 11.3 Å². The Balaban J connectivity index is 1.78. The van der Waals surface area contributed by atoms with Crippen molar-refractivity contribution in [1.29, 1.82) is 0 Å². The van der Waals surface area contributed by atoms with Crippen LogP contribution in [0.15, 0.2) is 51.8 Å². The van der Waals surface area contributed by atoms with Crippen molar-refractivity contribution in [1.82, 2.24) is 4.90 Å². The van der Waals surface area contributed by atoms with Gasteiger partial charge in [-0.2, -0.15) is 0 Å². The lowest BCUT2D eigenvalue weighted by Gasteiger charge is -2.12. The number of amides is 2. The zero-order valence-corrected chi connectivity index (χ0v) is 17.0. The maximum Gasteiger partial charge on any atom is 0.293 e. The lowest BCUT2D eigenvalue weighted by Crippen LogP contribution is -2.27. The number of carbonyl (C=O) groups excluding carboxylic acids is 2. The second-order valence-electron chi connectivity index (χ2n) is 5.90. The van der Waals surface area contributed by atoms with E-state index in [0.717, 1.165) is 38.9 Å². The van der Waals surface area contributed by atoms with Crippen LogP contribution in [0.3, 0.4) is 0 Å². The molecular formula is C20H17BrFNO3S. The molecule has 1 saturated heterocycles. The molecule has 0 radical (unpaired) electrons. The van der Waals surface area contributed by atoms with Crippen LogP contribution >= 0.6 is 27.7 Å². The summed E-state index contributed by atoms with van der Waals surface area (Å²) in [5.41, 5.74) is 1.07. The van der Waals surface area contributed by atoms with Crippen LogP contribution in [0.5, 0.6) is 5.75 Å². The molecule has 0 aromatic heterocycles. The van der Waals surface area contributed by atoms with Crippen LogP contribution in [-0.4, -0.2) is 22.7 Å². The largest absolute Gasteiger partial charge is 0.492 e. The van der Waals surface area contributed by atoms with Crippen LogP contribution < -0.4 is 4.74 Å². The van der Waals surface area contributed by atoms with Gasteiger partial charge in [0.2, 0.25) is 0 Å². The number of thioether (sulfide) groups is 1. The van der Waals surface area contributed by atoms with E-state index in [2.05, 4.69) is 15.9 Å². The second-order valence-corrected chi connectivity index (χ2v) is 7.75. The molecule has 2 amide bonds. The van der Waals surface area contributed by atoms with Gasteiger partial charge in [-0.25, -0.2) is 4.39 Å². The van der Waals surface area contributed by atoms with Crippen molar-refractivity contribution in [3.05, 3.63) is 68.8 Å². The van der Waals surface area contributed by atoms with E-state index in [-0.39, 0.29) is 6.54 Å². The van der Waals surface area contributed by atoms with Gasteiger partial charge in [-0.3, -0.25) is 14.5 Å². The average molecular weight is 450 g/mol. The molecule has 27 heavy (non-hydrogen) atoms. The highest BCUT2D eigenvalue weighted by Gasteiger charge is 2.35. The third-order valence-electron chi connectivity index (χ3n) is 3.88. The Bertz CT molecular complexity index is 916. The predicted molar refractivity (Wildman–Crippen MR) is 108 cm³/mol. The smallest absolute Gasteiger partial charge is 0.293 e. The lowest BCUT2D eigenvalue weighted by molar-refractivity contribution is -0.123. The van der Waals surface area contributed by atoms with Crippen LogP contribution in [0.25, 0.3) is 6.08 Å². The first-order chi connectivity index (χ1) is 13.0. The Morgan fingerprint density at radius 2 is 2.00 bits per heavy atom. The number of ether oxygens (including phenoxy) is 1. The molecule has 0 unspecified atom stereocenters. The maximum absolute atomic E-state index is 13.8. The van der Waals surface area contributed by atoms with E-state index in [0.29, 0.717) is 17.1 Å². The molecular weight excluding hydrogens is 433 g/mol. The number of hydrogen-bond donors (Lipinski definition) is 0. The Kier molecular flexibility index (Phi) is 6.34. The topological polar surface area (TPSA) is 46.6 Å². The molecule has 4 nitrogen and oxygen atoms in total. The third kappa shape index (κ3) is 4.59. The van der Waals surface area contributed by atoms with Gasteiger partial charge in [0.15, 0.2) is 0 Å². The molecule has 0 spiro atoms. The van der Waals surface area contributed by atoms with Crippen molar-refractivity contribution in [3.8, 4) is 5.75 Å². The molecule has 0 saturated carbocycles. The number of halogens is 2. The number of benzene rings is 2. The molecule has 0 bridgehead atoms. The molecule has 140 valence electrons. The Morgan fingerprint density at radius 1 is 1.22 bits per heavy atom. The molecule has 1 aliphatic heterocycles. The summed E-state index contributed by atoms with van der Waals surface area (Å²) in [5.74, 6) is -0.135. The molecule has 0 atom stereocenters. The minimum absolute atomic E-state index is 0.0812. The van der Waals surface area contributed by atoms with Crippen molar-refractivity contribution in [3.63, 3.8) is 0 Å². The number of carbonyl (C=O) groups is 2. The Hall–Kier alpha value is -2.12. The van der Waals surface area contributed by atoms with E-state index in [1.54, 1.807) is 24.3 Å². The first kappa shape index (κ1) is 19.6. The maximum atomic E-state index is 13.8. The normalized spacial score (nSPS) is 15.7. The third-order valence-corrected chi connectivity index (χ3v) is 5.40. The predicted octanol–water partition coefficient (Wildman–Crippen LogP) is 5.61. The first-order valence-electron chi connectivity index (χ1n) is 8.40. The molecule has 2 aromatic rings. The highest BCUT2D eigenvalue weighted by Crippen LogP contribution is 2.35. The summed E-state index contributed by atoms with van der Waals surface area (Å²) in [6.45, 7) is 2.56. The van der Waals surface area contributed by atoms with Gasteiger partial charge in [-0.15, -0.1) is 0 Å². The summed E-state index contributed by atoms with van der Waals surface area (Å²) < 4.78 is 20.2. The van der Waals surface area contributed by atoms with E-state index in [1.165, 1.54) is 6.07 Å². The summed E-state index contributed by atoms with van der Waals surface area (Å²) in [6, 6.07) is 11.6. The van der Waals surface area contributed by atoms with Crippen molar-refractivity contribution in [2.75, 3.05) is 6.61 Å². The Morgan fingerprint density at radius 3 is 2.70 bits per heavy atom. The van der Waals surface area contributed by atoms with Gasteiger partial charge in [-0.1, -0.05) is 31.2 Å². The van der Waals surface area contributed by atoms with Crippen molar-refractivity contribution in [2.45, 2.75) is 19.9 Å². The number of imide groups is 1. The Labute approximate surface area is 169 Å². The molecule has 1 fully saturated rings. The lowest BCUT2D eigenvalue weighted by atomic mass is 10.2. The molecule has 7 heteroatoms. The summed E-state index contributed by atoms with van der Waals surface area (Å²) in [4.78, 5) is 26.2. The molecule has 0 aliphatic carbocycles. The van der Waals surface area contributed by atoms with Gasteiger partial charge >= 0.3 is 0 Å². The van der Waals surface area contributed by atoms with Crippen LogP contribution in [0.1, 0.15) is 24.5 Å². The zero-order valence-electron chi connectivity index (χ0n) is 14.6. The first-order valence-corrected chi connectivity index (χ1v) is 10.0. The fraction of sp³-hybridized carbons (Fsp3) is 0.200. The molecule has 1 aliphatic rings. The number of nitrogens with zero attached hydrogens (tertiary/aromatic N) is 1. The van der Waals surface area contributed by atoms with Gasteiger partial charge in [0, 0.05) is 5.56 Å². The minimum Gasteiger partial charge on any atom is -0.492 e. The van der Waals surface area contributed by atoms with Gasteiger partial charge < -0.3 is 4.74 Å². The van der Waals surface area contributed by atoms with E-state index in [4.69, 9.17) is 4.74 Å². The van der Waals surface area contributed by atoms with E-state index in [1.807, 2.05) is 25.1 Å². The van der Waals surface area contributed by atoms with Crippen LogP contribution in [0, 0.1) is 5.82 Å². The van der Waals surface area contributed by atoms with Gasteiger partial charge in [0.1, 0.15) is 11.6 Å². The number of rotatable bonds is 6. The van der Waals surface area contributed by atoms with Crippen LogP contribution in [0.2, 0.25) is 0 Å². The number of hydrogen-bond acceptors (Lipinski definition) is 4. The highest BCUT2D eigenvalue weighted by atomic mass is 79.9. The quantitative estimate of drug-likeness (QED) is 0.537. The highest BCUT2D eigenvalue weighted by molar-refractivity contribution is 9.10. The summed E-state index contributed by atoms with van der Waals surface area (Å²) in [7, 11) is 0. The van der Waals surface area contributed by atoms with Crippen LogP contribution in [0.4, 0.5) is 9.18 Å². The monoisotopic (exact) mass is 449 g/mol. The van der Waals surface area contributed by atoms with Crippen molar-refractivity contribution < 1.29 is 18.7 Å². The zero-order chi connectivity index (χ0) is 19.4. The fourth-order valence-electron chi connectivity index (χ4n) is 2.52. The van der Waals surface area contributed by atoms with E-state index < -0.39 is 17.0 Å². The van der Waals surface area contributed by atoms with Crippen molar-refractivity contribution >= 4 is 44.9 Å². The average Bonchev–Trinajstić information content (AvgIpc) is 2.90. The van der Waals surface area contributed by atoms with E-state index in [9.17, 15) is 14.0 Å². The molecule has 2 aromatic carbocycles. The van der Waals surface area contributed by atoms with Gasteiger partial charge in [-0.05, 0) is 64.0 Å². The van der Waals surface area contributed by atoms with Crippen molar-refractivity contribution in [2.24, 2.45) is 0 Å². The molecule has 0 N–H and O–H groups in total. The molecule has 3 rings (SSSR count). The van der Waals surface area contributed by atoms with Gasteiger partial charge in [0.25, 0.3) is 11.1 Å². The van der Waals surface area contributed by atoms with E-state index >= 15 is 0 Å².